The molecule has 2 atom stereocenters. The summed E-state index contributed by atoms with van der Waals surface area (Å²) in [5, 5.41) is 21.8. The van der Waals surface area contributed by atoms with Crippen molar-refractivity contribution in [2.24, 2.45) is 0 Å². The van der Waals surface area contributed by atoms with Crippen LogP contribution in [0.5, 0.6) is 5.75 Å². The fourth-order valence-corrected chi connectivity index (χ4v) is 1.58. The van der Waals surface area contributed by atoms with Crippen molar-refractivity contribution in [3.05, 3.63) is 29.3 Å². The van der Waals surface area contributed by atoms with Gasteiger partial charge in [0, 0.05) is 25.1 Å². The number of ether oxygens (including phenoxy) is 1. The summed E-state index contributed by atoms with van der Waals surface area (Å²) in [5.41, 5.74) is -0.224. The standard InChI is InChI=1S/C12H15F2NO4/c1-6(16)15-5-10(17)11(18)8-3-7(13)4-9(14)12(8)19-2/h3-4,10-11,17-18H,5H2,1-2H3,(H,15,16). The van der Waals surface area contributed by atoms with Crippen LogP contribution in [0.25, 0.3) is 0 Å². The molecule has 0 saturated carbocycles. The SMILES string of the molecule is COc1c(F)cc(F)cc1C(O)C(O)CNC(C)=O. The van der Waals surface area contributed by atoms with Gasteiger partial charge in [0.1, 0.15) is 18.0 Å². The number of carbonyl (C=O) groups excluding carboxylic acids is 1. The maximum atomic E-state index is 13.4. The Morgan fingerprint density at radius 2 is 2.05 bits per heavy atom. The third kappa shape index (κ3) is 3.87. The molecule has 0 bridgehead atoms. The van der Waals surface area contributed by atoms with Gasteiger partial charge in [0.15, 0.2) is 11.6 Å². The van der Waals surface area contributed by atoms with Gasteiger partial charge in [0.05, 0.1) is 7.11 Å². The summed E-state index contributed by atoms with van der Waals surface area (Å²) in [6, 6.07) is 1.47. The van der Waals surface area contributed by atoms with Crippen LogP contribution in [-0.4, -0.2) is 35.9 Å². The first-order valence-electron chi connectivity index (χ1n) is 5.50. The maximum Gasteiger partial charge on any atom is 0.216 e. The van der Waals surface area contributed by atoms with Crippen molar-refractivity contribution in [2.75, 3.05) is 13.7 Å². The van der Waals surface area contributed by atoms with Gasteiger partial charge in [-0.1, -0.05) is 0 Å². The Morgan fingerprint density at radius 3 is 2.58 bits per heavy atom. The number of hydrogen-bond donors (Lipinski definition) is 3. The quantitative estimate of drug-likeness (QED) is 0.731. The Balaban J connectivity index is 2.97. The number of methoxy groups -OCH3 is 1. The number of amides is 1. The van der Waals surface area contributed by atoms with Crippen LogP contribution in [-0.2, 0) is 4.79 Å². The summed E-state index contributed by atoms with van der Waals surface area (Å²) in [6.45, 7) is 0.985. The van der Waals surface area contributed by atoms with Crippen LogP contribution in [0.3, 0.4) is 0 Å². The fraction of sp³-hybridized carbons (Fsp3) is 0.417. The molecule has 0 aromatic heterocycles. The molecular weight excluding hydrogens is 260 g/mol. The van der Waals surface area contributed by atoms with Crippen molar-refractivity contribution in [1.82, 2.24) is 5.32 Å². The Kier molecular flexibility index (Phi) is 5.20. The molecule has 0 aliphatic carbocycles. The highest BCUT2D eigenvalue weighted by atomic mass is 19.1. The lowest BCUT2D eigenvalue weighted by Gasteiger charge is -2.20. The molecule has 1 rings (SSSR count). The number of rotatable bonds is 5. The molecule has 106 valence electrons. The topological polar surface area (TPSA) is 78.8 Å². The smallest absolute Gasteiger partial charge is 0.216 e. The van der Waals surface area contributed by atoms with Crippen molar-refractivity contribution in [3.63, 3.8) is 0 Å². The average molecular weight is 275 g/mol. The number of aliphatic hydroxyl groups excluding tert-OH is 2. The minimum absolute atomic E-state index is 0.224. The van der Waals surface area contributed by atoms with Crippen LogP contribution in [0, 0.1) is 11.6 Å². The molecule has 2 unspecified atom stereocenters. The van der Waals surface area contributed by atoms with Crippen LogP contribution in [0.1, 0.15) is 18.6 Å². The van der Waals surface area contributed by atoms with Crippen molar-refractivity contribution in [1.29, 1.82) is 0 Å². The predicted octanol–water partition coefficient (Wildman–Crippen LogP) is 0.504. The first kappa shape index (κ1) is 15.3. The molecule has 5 nitrogen and oxygen atoms in total. The Morgan fingerprint density at radius 1 is 1.42 bits per heavy atom. The van der Waals surface area contributed by atoms with Crippen LogP contribution in [0.4, 0.5) is 8.78 Å². The Labute approximate surface area is 108 Å². The molecule has 0 radical (unpaired) electrons. The summed E-state index contributed by atoms with van der Waals surface area (Å²) in [7, 11) is 1.16. The zero-order valence-corrected chi connectivity index (χ0v) is 10.5. The summed E-state index contributed by atoms with van der Waals surface area (Å²) in [4.78, 5) is 10.7. The lowest BCUT2D eigenvalue weighted by molar-refractivity contribution is -0.119. The van der Waals surface area contributed by atoms with E-state index in [2.05, 4.69) is 5.32 Å². The van der Waals surface area contributed by atoms with Crippen LogP contribution in [0.15, 0.2) is 12.1 Å². The molecular formula is C12H15F2NO4. The summed E-state index contributed by atoms with van der Waals surface area (Å²) in [5.74, 6) is -2.64. The van der Waals surface area contributed by atoms with Gasteiger partial charge in [0.2, 0.25) is 5.91 Å². The lowest BCUT2D eigenvalue weighted by Crippen LogP contribution is -2.34. The van der Waals surface area contributed by atoms with Crippen molar-refractivity contribution in [2.45, 2.75) is 19.1 Å². The van der Waals surface area contributed by atoms with E-state index in [-0.39, 0.29) is 17.9 Å². The molecule has 0 fully saturated rings. The van der Waals surface area contributed by atoms with Crippen molar-refractivity contribution < 1.29 is 28.5 Å². The Bertz CT molecular complexity index is 467. The molecule has 1 aromatic rings. The maximum absolute atomic E-state index is 13.4. The minimum atomic E-state index is -1.59. The highest BCUT2D eigenvalue weighted by Gasteiger charge is 2.25. The van der Waals surface area contributed by atoms with Gasteiger partial charge in [0.25, 0.3) is 0 Å². The molecule has 1 amide bonds. The van der Waals surface area contributed by atoms with Gasteiger partial charge in [-0.2, -0.15) is 0 Å². The second-order valence-corrected chi connectivity index (χ2v) is 3.96. The lowest BCUT2D eigenvalue weighted by atomic mass is 10.0. The first-order chi connectivity index (χ1) is 8.86. The molecule has 0 heterocycles. The number of carbonyl (C=O) groups is 1. The predicted molar refractivity (Wildman–Crippen MR) is 62.6 cm³/mol. The molecule has 3 N–H and O–H groups in total. The first-order valence-corrected chi connectivity index (χ1v) is 5.50. The third-order valence-corrected chi connectivity index (χ3v) is 2.48. The number of benzene rings is 1. The van der Waals surface area contributed by atoms with Gasteiger partial charge >= 0.3 is 0 Å². The van der Waals surface area contributed by atoms with E-state index in [4.69, 9.17) is 4.74 Å². The fourth-order valence-electron chi connectivity index (χ4n) is 1.58. The monoisotopic (exact) mass is 275 g/mol. The molecule has 0 saturated heterocycles. The largest absolute Gasteiger partial charge is 0.493 e. The molecule has 0 aliphatic heterocycles. The van der Waals surface area contributed by atoms with E-state index >= 15 is 0 Å². The second kappa shape index (κ2) is 6.44. The average Bonchev–Trinajstić information content (AvgIpc) is 2.34. The highest BCUT2D eigenvalue weighted by molar-refractivity contribution is 5.72. The third-order valence-electron chi connectivity index (χ3n) is 2.48. The number of halogens is 2. The number of hydrogen-bond acceptors (Lipinski definition) is 4. The normalized spacial score (nSPS) is 13.8. The Hall–Kier alpha value is -1.73. The van der Waals surface area contributed by atoms with Crippen LogP contribution < -0.4 is 10.1 Å². The molecule has 0 aliphatic rings. The van der Waals surface area contributed by atoms with Gasteiger partial charge < -0.3 is 20.3 Å². The molecule has 19 heavy (non-hydrogen) atoms. The van der Waals surface area contributed by atoms with E-state index in [1.807, 2.05) is 0 Å². The zero-order valence-electron chi connectivity index (χ0n) is 10.5. The van der Waals surface area contributed by atoms with Gasteiger partial charge in [-0.25, -0.2) is 8.78 Å². The summed E-state index contributed by atoms with van der Waals surface area (Å²) < 4.78 is 31.3. The zero-order chi connectivity index (χ0) is 14.6. The second-order valence-electron chi connectivity index (χ2n) is 3.96. The van der Waals surface area contributed by atoms with Gasteiger partial charge in [-0.3, -0.25) is 4.79 Å². The van der Waals surface area contributed by atoms with E-state index in [1.54, 1.807) is 0 Å². The van der Waals surface area contributed by atoms with Crippen LogP contribution >= 0.6 is 0 Å². The molecule has 1 aromatic carbocycles. The molecule has 7 heteroatoms. The van der Waals surface area contributed by atoms with Gasteiger partial charge in [-0.15, -0.1) is 0 Å². The number of aliphatic hydroxyl groups is 2. The molecule has 0 spiro atoms. The summed E-state index contributed by atoms with van der Waals surface area (Å²) in [6.07, 6.45) is -3.01. The highest BCUT2D eigenvalue weighted by Crippen LogP contribution is 2.30. The van der Waals surface area contributed by atoms with E-state index in [1.165, 1.54) is 6.92 Å². The van der Waals surface area contributed by atoms with Crippen LogP contribution in [0.2, 0.25) is 0 Å². The summed E-state index contributed by atoms with van der Waals surface area (Å²) >= 11 is 0. The van der Waals surface area contributed by atoms with E-state index in [0.29, 0.717) is 6.07 Å². The van der Waals surface area contributed by atoms with E-state index in [9.17, 15) is 23.8 Å². The minimum Gasteiger partial charge on any atom is -0.493 e. The van der Waals surface area contributed by atoms with E-state index < -0.39 is 29.7 Å². The number of nitrogens with one attached hydrogen (secondary N) is 1. The van der Waals surface area contributed by atoms with Crippen molar-refractivity contribution >= 4 is 5.91 Å². The van der Waals surface area contributed by atoms with E-state index in [0.717, 1.165) is 13.2 Å². The van der Waals surface area contributed by atoms with Crippen molar-refractivity contribution in [3.8, 4) is 5.75 Å². The van der Waals surface area contributed by atoms with Gasteiger partial charge in [-0.05, 0) is 6.07 Å².